The third-order valence-corrected chi connectivity index (χ3v) is 3.54. The van der Waals surface area contributed by atoms with Gasteiger partial charge in [0.05, 0.1) is 11.1 Å². The molecule has 2 aromatic rings. The minimum atomic E-state index is -0.957. The number of Topliss-reactive ketones (excluding diaryl/α,β-unsaturated/α-hetero) is 1. The first-order chi connectivity index (χ1) is 8.88. The zero-order valence-corrected chi connectivity index (χ0v) is 11.6. The molecule has 0 aliphatic heterocycles. The molecule has 0 aliphatic rings. The van der Waals surface area contributed by atoms with E-state index in [0.29, 0.717) is 11.1 Å². The van der Waals surface area contributed by atoms with Gasteiger partial charge in [-0.3, -0.25) is 4.79 Å². The number of carboxylic acid groups (broad SMARTS) is 1. The van der Waals surface area contributed by atoms with Crippen LogP contribution in [0.2, 0.25) is 0 Å². The second-order valence-corrected chi connectivity index (χ2v) is 4.78. The maximum atomic E-state index is 11.8. The first kappa shape index (κ1) is 13.3. The van der Waals surface area contributed by atoms with Gasteiger partial charge in [0, 0.05) is 23.7 Å². The predicted molar refractivity (Wildman–Crippen MR) is 74.0 cm³/mol. The van der Waals surface area contributed by atoms with Crippen LogP contribution in [0.15, 0.2) is 12.3 Å². The quantitative estimate of drug-likeness (QED) is 0.861. The molecule has 0 saturated heterocycles. The van der Waals surface area contributed by atoms with Crippen LogP contribution in [0.5, 0.6) is 0 Å². The molecule has 0 radical (unpaired) electrons. The molecule has 0 atom stereocenters. The van der Waals surface area contributed by atoms with Gasteiger partial charge >= 0.3 is 5.97 Å². The fourth-order valence-corrected chi connectivity index (χ4v) is 2.63. The molecule has 4 heteroatoms. The van der Waals surface area contributed by atoms with E-state index >= 15 is 0 Å². The number of rotatable bonds is 3. The lowest BCUT2D eigenvalue weighted by molar-refractivity contribution is 0.0696. The van der Waals surface area contributed by atoms with E-state index in [4.69, 9.17) is 0 Å². The third-order valence-electron chi connectivity index (χ3n) is 3.54. The summed E-state index contributed by atoms with van der Waals surface area (Å²) in [7, 11) is 0. The van der Waals surface area contributed by atoms with Crippen molar-refractivity contribution in [3.05, 3.63) is 34.5 Å². The second kappa shape index (κ2) is 4.53. The lowest BCUT2D eigenvalue weighted by atomic mass is 9.97. The summed E-state index contributed by atoms with van der Waals surface area (Å²) in [6.45, 7) is 7.90. The highest BCUT2D eigenvalue weighted by atomic mass is 16.4. The normalized spacial score (nSPS) is 10.9. The van der Waals surface area contributed by atoms with Crippen molar-refractivity contribution in [2.45, 2.75) is 34.2 Å². The number of ketones is 1. The van der Waals surface area contributed by atoms with Crippen molar-refractivity contribution in [1.29, 1.82) is 0 Å². The van der Waals surface area contributed by atoms with Crippen LogP contribution < -0.4 is 0 Å². The van der Waals surface area contributed by atoms with Gasteiger partial charge in [-0.2, -0.15) is 0 Å². The predicted octanol–water partition coefficient (Wildman–Crippen LogP) is 3.18. The lowest BCUT2D eigenvalue weighted by Gasteiger charge is -2.09. The number of aromatic carboxylic acids is 1. The number of aromatic nitrogens is 1. The Hall–Kier alpha value is -2.10. The van der Waals surface area contributed by atoms with Crippen LogP contribution in [0.25, 0.3) is 10.9 Å². The van der Waals surface area contributed by atoms with E-state index < -0.39 is 5.97 Å². The summed E-state index contributed by atoms with van der Waals surface area (Å²) in [4.78, 5) is 23.1. The van der Waals surface area contributed by atoms with Crippen LogP contribution >= 0.6 is 0 Å². The molecular formula is C15H17NO3. The van der Waals surface area contributed by atoms with Crippen molar-refractivity contribution in [2.24, 2.45) is 0 Å². The highest BCUT2D eigenvalue weighted by molar-refractivity contribution is 6.11. The van der Waals surface area contributed by atoms with Crippen molar-refractivity contribution >= 4 is 22.7 Å². The van der Waals surface area contributed by atoms with E-state index in [1.54, 1.807) is 13.0 Å². The Morgan fingerprint density at radius 1 is 1.26 bits per heavy atom. The molecule has 100 valence electrons. The molecule has 0 aliphatic carbocycles. The summed E-state index contributed by atoms with van der Waals surface area (Å²) in [6, 6.07) is 1.68. The standard InChI is InChI=1S/C15H17NO3/c1-5-16-7-12(10(4)17)13-9(3)11(15(18)19)6-8(2)14(13)16/h6-7H,5H2,1-4H3,(H,18,19). The van der Waals surface area contributed by atoms with Gasteiger partial charge in [0.15, 0.2) is 5.78 Å². The molecule has 0 amide bonds. The number of hydrogen-bond donors (Lipinski definition) is 1. The molecule has 1 aromatic carbocycles. The smallest absolute Gasteiger partial charge is 0.335 e. The molecule has 0 bridgehead atoms. The SMILES string of the molecule is CCn1cc(C(C)=O)c2c(C)c(C(=O)O)cc(C)c21. The Bertz CT molecular complexity index is 695. The summed E-state index contributed by atoms with van der Waals surface area (Å²) in [6.07, 6.45) is 1.82. The van der Waals surface area contributed by atoms with Crippen molar-refractivity contribution in [3.8, 4) is 0 Å². The third kappa shape index (κ3) is 1.93. The molecule has 1 aromatic heterocycles. The van der Waals surface area contributed by atoms with Gasteiger partial charge in [0.25, 0.3) is 0 Å². The van der Waals surface area contributed by atoms with Crippen LogP contribution in [0.1, 0.15) is 45.7 Å². The topological polar surface area (TPSA) is 59.3 Å². The molecule has 0 spiro atoms. The molecule has 0 unspecified atom stereocenters. The Balaban J connectivity index is 3.00. The first-order valence-corrected chi connectivity index (χ1v) is 6.25. The molecular weight excluding hydrogens is 242 g/mol. The summed E-state index contributed by atoms with van der Waals surface area (Å²) in [5, 5.41) is 10.0. The molecule has 2 rings (SSSR count). The Labute approximate surface area is 111 Å². The minimum Gasteiger partial charge on any atom is -0.478 e. The maximum Gasteiger partial charge on any atom is 0.335 e. The molecule has 0 fully saturated rings. The van der Waals surface area contributed by atoms with Gasteiger partial charge in [0.1, 0.15) is 0 Å². The molecule has 4 nitrogen and oxygen atoms in total. The van der Waals surface area contributed by atoms with Gasteiger partial charge in [-0.25, -0.2) is 4.79 Å². The van der Waals surface area contributed by atoms with E-state index in [-0.39, 0.29) is 11.3 Å². The van der Waals surface area contributed by atoms with Crippen LogP contribution in [0, 0.1) is 13.8 Å². The molecule has 1 N–H and O–H groups in total. The molecule has 19 heavy (non-hydrogen) atoms. The van der Waals surface area contributed by atoms with Gasteiger partial charge in [0.2, 0.25) is 0 Å². The minimum absolute atomic E-state index is 0.0396. The number of aryl methyl sites for hydroxylation is 3. The number of carbonyl (C=O) groups excluding carboxylic acids is 1. The van der Waals surface area contributed by atoms with Crippen LogP contribution in [0.3, 0.4) is 0 Å². The fraction of sp³-hybridized carbons (Fsp3) is 0.333. The summed E-state index contributed by atoms with van der Waals surface area (Å²) >= 11 is 0. The van der Waals surface area contributed by atoms with Gasteiger partial charge < -0.3 is 9.67 Å². The van der Waals surface area contributed by atoms with E-state index in [2.05, 4.69) is 0 Å². The lowest BCUT2D eigenvalue weighted by Crippen LogP contribution is -2.03. The van der Waals surface area contributed by atoms with Crippen molar-refractivity contribution in [1.82, 2.24) is 4.57 Å². The van der Waals surface area contributed by atoms with Crippen LogP contribution in [0.4, 0.5) is 0 Å². The average molecular weight is 259 g/mol. The van der Waals surface area contributed by atoms with Gasteiger partial charge in [-0.05, 0) is 44.9 Å². The Kier molecular flexibility index (Phi) is 3.18. The molecule has 0 saturated carbocycles. The summed E-state index contributed by atoms with van der Waals surface area (Å²) < 4.78 is 2.00. The van der Waals surface area contributed by atoms with Crippen LogP contribution in [-0.2, 0) is 6.54 Å². The zero-order valence-electron chi connectivity index (χ0n) is 11.6. The fourth-order valence-electron chi connectivity index (χ4n) is 2.63. The number of nitrogens with zero attached hydrogens (tertiary/aromatic N) is 1. The monoisotopic (exact) mass is 259 g/mol. The van der Waals surface area contributed by atoms with E-state index in [1.807, 2.05) is 24.6 Å². The maximum absolute atomic E-state index is 11.8. The van der Waals surface area contributed by atoms with Crippen LogP contribution in [-0.4, -0.2) is 21.4 Å². The van der Waals surface area contributed by atoms with E-state index in [1.165, 1.54) is 6.92 Å². The number of carbonyl (C=O) groups is 2. The Morgan fingerprint density at radius 2 is 1.89 bits per heavy atom. The van der Waals surface area contributed by atoms with Crippen molar-refractivity contribution < 1.29 is 14.7 Å². The van der Waals surface area contributed by atoms with Gasteiger partial charge in [-0.1, -0.05) is 0 Å². The van der Waals surface area contributed by atoms with Crippen molar-refractivity contribution in [2.75, 3.05) is 0 Å². The number of hydrogen-bond acceptors (Lipinski definition) is 2. The average Bonchev–Trinajstić information content (AvgIpc) is 2.73. The van der Waals surface area contributed by atoms with E-state index in [9.17, 15) is 14.7 Å². The first-order valence-electron chi connectivity index (χ1n) is 6.25. The zero-order chi connectivity index (χ0) is 14.3. The largest absolute Gasteiger partial charge is 0.478 e. The summed E-state index contributed by atoms with van der Waals surface area (Å²) in [5.74, 6) is -0.997. The van der Waals surface area contributed by atoms with E-state index in [0.717, 1.165) is 23.0 Å². The number of carboxylic acids is 1. The summed E-state index contributed by atoms with van der Waals surface area (Å²) in [5.41, 5.74) is 3.36. The second-order valence-electron chi connectivity index (χ2n) is 4.78. The molecule has 1 heterocycles. The highest BCUT2D eigenvalue weighted by Gasteiger charge is 2.20. The highest BCUT2D eigenvalue weighted by Crippen LogP contribution is 2.30. The number of benzene rings is 1. The Morgan fingerprint density at radius 3 is 2.37 bits per heavy atom. The van der Waals surface area contributed by atoms with Gasteiger partial charge in [-0.15, -0.1) is 0 Å². The number of fused-ring (bicyclic) bond motifs is 1. The van der Waals surface area contributed by atoms with Crippen molar-refractivity contribution in [3.63, 3.8) is 0 Å².